The minimum Gasteiger partial charge on any atom is -0.468 e. The lowest BCUT2D eigenvalue weighted by molar-refractivity contribution is 0.0925. The molecule has 1 aliphatic heterocycles. The molecule has 1 saturated heterocycles. The van der Waals surface area contributed by atoms with E-state index < -0.39 is 0 Å². The Balaban J connectivity index is 1.67. The van der Waals surface area contributed by atoms with E-state index in [0.29, 0.717) is 19.7 Å². The Morgan fingerprint density at radius 1 is 1.35 bits per heavy atom. The monoisotopic (exact) mass is 360 g/mol. The first-order valence-corrected chi connectivity index (χ1v) is 8.82. The summed E-state index contributed by atoms with van der Waals surface area (Å²) in [4.78, 5) is 26.6. The van der Waals surface area contributed by atoms with E-state index in [9.17, 15) is 9.59 Å². The maximum atomic E-state index is 12.5. The topological polar surface area (TPSA) is 89.6 Å². The second-order valence-electron chi connectivity index (χ2n) is 6.26. The summed E-state index contributed by atoms with van der Waals surface area (Å²) < 4.78 is 11.8. The predicted molar refractivity (Wildman–Crippen MR) is 95.0 cm³/mol. The number of hydrogen-bond acceptors (Lipinski definition) is 6. The highest BCUT2D eigenvalue weighted by atomic mass is 16.5. The van der Waals surface area contributed by atoms with Gasteiger partial charge in [0.25, 0.3) is 11.5 Å². The molecule has 0 aliphatic carbocycles. The van der Waals surface area contributed by atoms with Crippen molar-refractivity contribution in [1.29, 1.82) is 0 Å². The molecule has 3 rings (SSSR count). The maximum absolute atomic E-state index is 12.5. The van der Waals surface area contributed by atoms with Gasteiger partial charge in [0.1, 0.15) is 11.5 Å². The van der Waals surface area contributed by atoms with Gasteiger partial charge in [-0.2, -0.15) is 5.10 Å². The minimum absolute atomic E-state index is 0.00385. The average Bonchev–Trinajstić information content (AvgIpc) is 3.35. The quantitative estimate of drug-likeness (QED) is 0.757. The molecule has 1 N–H and O–H groups in total. The summed E-state index contributed by atoms with van der Waals surface area (Å²) in [6.07, 6.45) is 3.95. The lowest BCUT2D eigenvalue weighted by Gasteiger charge is -2.25. The summed E-state index contributed by atoms with van der Waals surface area (Å²) >= 11 is 0. The number of rotatable bonds is 8. The summed E-state index contributed by atoms with van der Waals surface area (Å²) in [5.41, 5.74) is -0.0514. The third kappa shape index (κ3) is 4.39. The Kier molecular flexibility index (Phi) is 6.19. The molecule has 2 aromatic heterocycles. The molecule has 2 aromatic rings. The fourth-order valence-electron chi connectivity index (χ4n) is 3.13. The molecule has 0 spiro atoms. The molecule has 8 heteroatoms. The highest BCUT2D eigenvalue weighted by Gasteiger charge is 2.26. The lowest BCUT2D eigenvalue weighted by atomic mass is 10.2. The molecule has 26 heavy (non-hydrogen) atoms. The van der Waals surface area contributed by atoms with E-state index in [1.807, 2.05) is 12.1 Å². The molecule has 1 atom stereocenters. The third-order valence-corrected chi connectivity index (χ3v) is 4.52. The van der Waals surface area contributed by atoms with Crippen molar-refractivity contribution in [2.75, 3.05) is 33.4 Å². The van der Waals surface area contributed by atoms with Crippen molar-refractivity contribution in [3.63, 3.8) is 0 Å². The van der Waals surface area contributed by atoms with Gasteiger partial charge in [0.15, 0.2) is 0 Å². The summed E-state index contributed by atoms with van der Waals surface area (Å²) in [5.74, 6) is 0.525. The molecule has 3 heterocycles. The number of nitrogens with zero attached hydrogens (tertiary/aromatic N) is 3. The Morgan fingerprint density at radius 3 is 2.85 bits per heavy atom. The molecular formula is C18H24N4O4. The second-order valence-corrected chi connectivity index (χ2v) is 6.26. The summed E-state index contributed by atoms with van der Waals surface area (Å²) in [7, 11) is 1.55. The van der Waals surface area contributed by atoms with Crippen LogP contribution in [-0.4, -0.2) is 53.9 Å². The first kappa shape index (κ1) is 18.3. The van der Waals surface area contributed by atoms with Gasteiger partial charge >= 0.3 is 0 Å². The highest BCUT2D eigenvalue weighted by Crippen LogP contribution is 2.24. The zero-order valence-electron chi connectivity index (χ0n) is 14.9. The van der Waals surface area contributed by atoms with Gasteiger partial charge in [0.2, 0.25) is 0 Å². The minimum atomic E-state index is -0.313. The van der Waals surface area contributed by atoms with Gasteiger partial charge in [-0.05, 0) is 44.1 Å². The van der Waals surface area contributed by atoms with E-state index in [4.69, 9.17) is 9.15 Å². The Labute approximate surface area is 151 Å². The number of hydrogen-bond donors (Lipinski definition) is 1. The van der Waals surface area contributed by atoms with Crippen LogP contribution in [0.1, 0.15) is 35.1 Å². The number of carbonyl (C=O) groups is 1. The van der Waals surface area contributed by atoms with E-state index >= 15 is 0 Å². The maximum Gasteiger partial charge on any atom is 0.271 e. The van der Waals surface area contributed by atoms with Crippen LogP contribution in [-0.2, 0) is 11.3 Å². The summed E-state index contributed by atoms with van der Waals surface area (Å²) in [6.45, 7) is 3.06. The van der Waals surface area contributed by atoms with E-state index in [0.717, 1.165) is 31.7 Å². The van der Waals surface area contributed by atoms with Crippen molar-refractivity contribution >= 4 is 5.91 Å². The molecule has 0 bridgehead atoms. The average molecular weight is 360 g/mol. The van der Waals surface area contributed by atoms with Gasteiger partial charge in [-0.1, -0.05) is 0 Å². The van der Waals surface area contributed by atoms with Crippen LogP contribution in [0.3, 0.4) is 0 Å². The molecule has 1 unspecified atom stereocenters. The first-order valence-electron chi connectivity index (χ1n) is 8.82. The van der Waals surface area contributed by atoms with Crippen molar-refractivity contribution in [2.45, 2.75) is 25.4 Å². The van der Waals surface area contributed by atoms with Crippen LogP contribution in [0.4, 0.5) is 0 Å². The number of aromatic nitrogens is 2. The molecule has 140 valence electrons. The van der Waals surface area contributed by atoms with E-state index in [1.54, 1.807) is 13.4 Å². The van der Waals surface area contributed by atoms with Gasteiger partial charge in [0.05, 0.1) is 25.5 Å². The smallest absolute Gasteiger partial charge is 0.271 e. The summed E-state index contributed by atoms with van der Waals surface area (Å²) in [5, 5.41) is 7.04. The molecule has 0 aromatic carbocycles. The number of nitrogens with one attached hydrogen (secondary N) is 1. The normalized spacial score (nSPS) is 15.9. The molecular weight excluding hydrogens is 336 g/mol. The Morgan fingerprint density at radius 2 is 2.15 bits per heavy atom. The number of furan rings is 1. The van der Waals surface area contributed by atoms with Crippen molar-refractivity contribution in [1.82, 2.24) is 20.0 Å². The van der Waals surface area contributed by atoms with Gasteiger partial charge < -0.3 is 14.5 Å². The van der Waals surface area contributed by atoms with Gasteiger partial charge in [-0.3, -0.25) is 14.5 Å². The van der Waals surface area contributed by atoms with E-state index in [2.05, 4.69) is 15.3 Å². The van der Waals surface area contributed by atoms with E-state index in [-0.39, 0.29) is 23.2 Å². The second kappa shape index (κ2) is 8.77. The van der Waals surface area contributed by atoms with Crippen LogP contribution >= 0.6 is 0 Å². The standard InChI is InChI=1S/C18H24N4O4/c1-25-12-10-22-17(23)7-6-14(20-22)18(24)19-13-15(16-5-4-11-26-16)21-8-2-3-9-21/h4-7,11,15H,2-3,8-10,12-13H2,1H3,(H,19,24). The molecule has 0 radical (unpaired) electrons. The number of likely N-dealkylation sites (tertiary alicyclic amines) is 1. The SMILES string of the molecule is COCCn1nc(C(=O)NCC(c2ccco2)N2CCCC2)ccc1=O. The van der Waals surface area contributed by atoms with Crippen LogP contribution < -0.4 is 10.9 Å². The number of carbonyl (C=O) groups excluding carboxylic acids is 1. The highest BCUT2D eigenvalue weighted by molar-refractivity contribution is 5.92. The Hall–Kier alpha value is -2.45. The van der Waals surface area contributed by atoms with Crippen LogP contribution in [0.5, 0.6) is 0 Å². The Bertz CT molecular complexity index is 766. The fourth-order valence-corrected chi connectivity index (χ4v) is 3.13. The predicted octanol–water partition coefficient (Wildman–Crippen LogP) is 1.05. The number of methoxy groups -OCH3 is 1. The molecule has 8 nitrogen and oxygen atoms in total. The van der Waals surface area contributed by atoms with Crippen LogP contribution in [0.25, 0.3) is 0 Å². The van der Waals surface area contributed by atoms with Crippen LogP contribution in [0, 0.1) is 0 Å². The number of amides is 1. The number of ether oxygens (including phenoxy) is 1. The van der Waals surface area contributed by atoms with Crippen molar-refractivity contribution < 1.29 is 13.9 Å². The third-order valence-electron chi connectivity index (χ3n) is 4.52. The van der Waals surface area contributed by atoms with Gasteiger partial charge in [-0.15, -0.1) is 0 Å². The van der Waals surface area contributed by atoms with Crippen molar-refractivity contribution in [2.24, 2.45) is 0 Å². The fraction of sp³-hybridized carbons (Fsp3) is 0.500. The largest absolute Gasteiger partial charge is 0.468 e. The lowest BCUT2D eigenvalue weighted by Crippen LogP contribution is -2.37. The van der Waals surface area contributed by atoms with Crippen molar-refractivity contribution in [3.8, 4) is 0 Å². The summed E-state index contributed by atoms with van der Waals surface area (Å²) in [6, 6.07) is 6.57. The van der Waals surface area contributed by atoms with E-state index in [1.165, 1.54) is 16.8 Å². The zero-order valence-corrected chi connectivity index (χ0v) is 14.9. The molecule has 0 saturated carbocycles. The zero-order chi connectivity index (χ0) is 18.4. The van der Waals surface area contributed by atoms with Crippen LogP contribution in [0.2, 0.25) is 0 Å². The van der Waals surface area contributed by atoms with Gasteiger partial charge in [-0.25, -0.2) is 4.68 Å². The molecule has 1 fully saturated rings. The van der Waals surface area contributed by atoms with Gasteiger partial charge in [0, 0.05) is 19.7 Å². The first-order chi connectivity index (χ1) is 12.7. The molecule has 1 amide bonds. The van der Waals surface area contributed by atoms with Crippen molar-refractivity contribution in [3.05, 3.63) is 52.3 Å². The molecule has 1 aliphatic rings. The van der Waals surface area contributed by atoms with Crippen LogP contribution in [0.15, 0.2) is 39.7 Å².